The Bertz CT molecular complexity index is 460. The topological polar surface area (TPSA) is 69.6 Å². The molecule has 0 heterocycles. The Labute approximate surface area is 126 Å². The maximum absolute atomic E-state index is 11.7. The third-order valence-corrected chi connectivity index (χ3v) is 3.12. The second-order valence-corrected chi connectivity index (χ2v) is 5.70. The number of hydrogen-bond donors (Lipinski definition) is 2. The molecule has 1 rings (SSSR count). The SMILES string of the molecule is CC(C)CNC(=O)CN(C)CC(C(=O)O)c1ccccc1. The molecule has 0 saturated carbocycles. The molecule has 1 aromatic rings. The van der Waals surface area contributed by atoms with E-state index in [1.54, 1.807) is 24.1 Å². The lowest BCUT2D eigenvalue weighted by molar-refractivity contribution is -0.139. The van der Waals surface area contributed by atoms with Crippen molar-refractivity contribution in [3.8, 4) is 0 Å². The molecule has 0 aliphatic rings. The van der Waals surface area contributed by atoms with E-state index < -0.39 is 11.9 Å². The van der Waals surface area contributed by atoms with E-state index in [2.05, 4.69) is 5.32 Å². The minimum Gasteiger partial charge on any atom is -0.481 e. The van der Waals surface area contributed by atoms with E-state index in [-0.39, 0.29) is 12.5 Å². The summed E-state index contributed by atoms with van der Waals surface area (Å²) < 4.78 is 0. The summed E-state index contributed by atoms with van der Waals surface area (Å²) in [6.07, 6.45) is 0. The van der Waals surface area contributed by atoms with Gasteiger partial charge in [0.05, 0.1) is 12.5 Å². The number of aliphatic carboxylic acids is 1. The Morgan fingerprint density at radius 2 is 1.86 bits per heavy atom. The zero-order chi connectivity index (χ0) is 15.8. The predicted octanol–water partition coefficient (Wildman–Crippen LogP) is 1.56. The maximum Gasteiger partial charge on any atom is 0.312 e. The van der Waals surface area contributed by atoms with E-state index in [0.29, 0.717) is 19.0 Å². The van der Waals surface area contributed by atoms with Crippen molar-refractivity contribution < 1.29 is 14.7 Å². The quantitative estimate of drug-likeness (QED) is 0.763. The van der Waals surface area contributed by atoms with Crippen molar-refractivity contribution in [3.63, 3.8) is 0 Å². The molecule has 0 radical (unpaired) electrons. The van der Waals surface area contributed by atoms with Crippen LogP contribution in [0, 0.1) is 5.92 Å². The number of hydrogen-bond acceptors (Lipinski definition) is 3. The molecule has 0 fully saturated rings. The Hall–Kier alpha value is -1.88. The van der Waals surface area contributed by atoms with Crippen LogP contribution in [0.15, 0.2) is 30.3 Å². The van der Waals surface area contributed by atoms with Gasteiger partial charge in [0.1, 0.15) is 0 Å². The Morgan fingerprint density at radius 1 is 1.24 bits per heavy atom. The zero-order valence-electron chi connectivity index (χ0n) is 12.9. The molecule has 1 unspecified atom stereocenters. The number of carboxylic acid groups (broad SMARTS) is 1. The minimum atomic E-state index is -0.879. The van der Waals surface area contributed by atoms with E-state index in [1.807, 2.05) is 32.0 Å². The van der Waals surface area contributed by atoms with E-state index in [9.17, 15) is 14.7 Å². The number of carbonyl (C=O) groups excluding carboxylic acids is 1. The van der Waals surface area contributed by atoms with E-state index >= 15 is 0 Å². The van der Waals surface area contributed by atoms with Crippen LogP contribution in [0.1, 0.15) is 25.3 Å². The molecular weight excluding hydrogens is 268 g/mol. The van der Waals surface area contributed by atoms with Gasteiger partial charge in [0.2, 0.25) is 5.91 Å². The largest absolute Gasteiger partial charge is 0.481 e. The first-order chi connectivity index (χ1) is 9.90. The van der Waals surface area contributed by atoms with Crippen LogP contribution in [0.5, 0.6) is 0 Å². The normalized spacial score (nSPS) is 12.4. The Kier molecular flexibility index (Phi) is 6.88. The van der Waals surface area contributed by atoms with Gasteiger partial charge in [0.15, 0.2) is 0 Å². The molecule has 5 heteroatoms. The highest BCUT2D eigenvalue weighted by atomic mass is 16.4. The third kappa shape index (κ3) is 6.40. The fraction of sp³-hybridized carbons (Fsp3) is 0.500. The van der Waals surface area contributed by atoms with Crippen LogP contribution in [0.2, 0.25) is 0 Å². The average Bonchev–Trinajstić information content (AvgIpc) is 2.43. The van der Waals surface area contributed by atoms with E-state index in [0.717, 1.165) is 5.56 Å². The molecule has 0 spiro atoms. The summed E-state index contributed by atoms with van der Waals surface area (Å²) in [7, 11) is 1.76. The minimum absolute atomic E-state index is 0.0802. The predicted molar refractivity (Wildman–Crippen MR) is 82.2 cm³/mol. The molecular formula is C16H24N2O3. The number of nitrogens with one attached hydrogen (secondary N) is 1. The highest BCUT2D eigenvalue weighted by Crippen LogP contribution is 2.16. The lowest BCUT2D eigenvalue weighted by atomic mass is 9.99. The maximum atomic E-state index is 11.7. The van der Waals surface area contributed by atoms with Crippen LogP contribution in [0.4, 0.5) is 0 Å². The molecule has 5 nitrogen and oxygen atoms in total. The van der Waals surface area contributed by atoms with Gasteiger partial charge in [-0.1, -0.05) is 44.2 Å². The second-order valence-electron chi connectivity index (χ2n) is 5.70. The van der Waals surface area contributed by atoms with Gasteiger partial charge in [-0.05, 0) is 18.5 Å². The molecule has 2 N–H and O–H groups in total. The molecule has 0 aliphatic heterocycles. The molecule has 0 aromatic heterocycles. The van der Waals surface area contributed by atoms with Crippen molar-refractivity contribution >= 4 is 11.9 Å². The fourth-order valence-corrected chi connectivity index (χ4v) is 2.01. The summed E-state index contributed by atoms with van der Waals surface area (Å²) >= 11 is 0. The summed E-state index contributed by atoms with van der Waals surface area (Å²) in [5.41, 5.74) is 0.749. The number of nitrogens with zero attached hydrogens (tertiary/aromatic N) is 1. The molecule has 1 aromatic carbocycles. The fourth-order valence-electron chi connectivity index (χ4n) is 2.01. The van der Waals surface area contributed by atoms with Crippen molar-refractivity contribution in [1.82, 2.24) is 10.2 Å². The summed E-state index contributed by atoms with van der Waals surface area (Å²) in [4.78, 5) is 24.9. The molecule has 1 amide bonds. The van der Waals surface area contributed by atoms with Crippen molar-refractivity contribution in [2.75, 3.05) is 26.7 Å². The monoisotopic (exact) mass is 292 g/mol. The van der Waals surface area contributed by atoms with Gasteiger partial charge >= 0.3 is 5.97 Å². The lowest BCUT2D eigenvalue weighted by Crippen LogP contribution is -2.39. The van der Waals surface area contributed by atoms with Crippen LogP contribution in [-0.2, 0) is 9.59 Å². The first kappa shape index (κ1) is 17.2. The summed E-state index contributed by atoms with van der Waals surface area (Å²) in [6.45, 7) is 5.19. The molecule has 0 bridgehead atoms. The smallest absolute Gasteiger partial charge is 0.312 e. The summed E-state index contributed by atoms with van der Waals surface area (Å²) in [6, 6.07) is 9.09. The molecule has 1 atom stereocenters. The zero-order valence-corrected chi connectivity index (χ0v) is 12.9. The number of benzene rings is 1. The standard InChI is InChI=1S/C16H24N2O3/c1-12(2)9-17-15(19)11-18(3)10-14(16(20)21)13-7-5-4-6-8-13/h4-8,12,14H,9-11H2,1-3H3,(H,17,19)(H,20,21). The first-order valence-electron chi connectivity index (χ1n) is 7.13. The van der Waals surface area contributed by atoms with E-state index in [1.165, 1.54) is 0 Å². The summed E-state index contributed by atoms with van der Waals surface area (Å²) in [5.74, 6) is -1.19. The van der Waals surface area contributed by atoms with Crippen LogP contribution in [0.25, 0.3) is 0 Å². The highest BCUT2D eigenvalue weighted by Gasteiger charge is 2.22. The van der Waals surface area contributed by atoms with Gasteiger partial charge in [0, 0.05) is 13.1 Å². The van der Waals surface area contributed by atoms with Crippen LogP contribution < -0.4 is 5.32 Å². The van der Waals surface area contributed by atoms with Crippen molar-refractivity contribution in [2.24, 2.45) is 5.92 Å². The van der Waals surface area contributed by atoms with Gasteiger partial charge in [-0.2, -0.15) is 0 Å². The molecule has 0 saturated heterocycles. The second kappa shape index (κ2) is 8.42. The van der Waals surface area contributed by atoms with Crippen LogP contribution in [0.3, 0.4) is 0 Å². The lowest BCUT2D eigenvalue weighted by Gasteiger charge is -2.21. The van der Waals surface area contributed by atoms with Crippen molar-refractivity contribution in [2.45, 2.75) is 19.8 Å². The van der Waals surface area contributed by atoms with Crippen molar-refractivity contribution in [3.05, 3.63) is 35.9 Å². The molecule has 0 aliphatic carbocycles. The van der Waals surface area contributed by atoms with Crippen LogP contribution in [-0.4, -0.2) is 48.6 Å². The Morgan fingerprint density at radius 3 is 2.38 bits per heavy atom. The number of carboxylic acids is 1. The number of likely N-dealkylation sites (N-methyl/N-ethyl adjacent to an activating group) is 1. The van der Waals surface area contributed by atoms with Gasteiger partial charge in [0.25, 0.3) is 0 Å². The average molecular weight is 292 g/mol. The first-order valence-corrected chi connectivity index (χ1v) is 7.13. The summed E-state index contributed by atoms with van der Waals surface area (Å²) in [5, 5.41) is 12.2. The number of rotatable bonds is 8. The van der Waals surface area contributed by atoms with Gasteiger partial charge < -0.3 is 10.4 Å². The van der Waals surface area contributed by atoms with E-state index in [4.69, 9.17) is 0 Å². The number of amides is 1. The highest BCUT2D eigenvalue weighted by molar-refractivity contribution is 5.78. The van der Waals surface area contributed by atoms with Gasteiger partial charge in [-0.3, -0.25) is 14.5 Å². The third-order valence-electron chi connectivity index (χ3n) is 3.12. The molecule has 21 heavy (non-hydrogen) atoms. The van der Waals surface area contributed by atoms with Gasteiger partial charge in [-0.25, -0.2) is 0 Å². The van der Waals surface area contributed by atoms with Gasteiger partial charge in [-0.15, -0.1) is 0 Å². The van der Waals surface area contributed by atoms with Crippen LogP contribution >= 0.6 is 0 Å². The molecule has 116 valence electrons. The van der Waals surface area contributed by atoms with Crippen molar-refractivity contribution in [1.29, 1.82) is 0 Å². The Balaban J connectivity index is 2.56. The number of carbonyl (C=O) groups is 2.